The molecule has 2 aromatic rings. The molecule has 6 nitrogen and oxygen atoms in total. The Morgan fingerprint density at radius 1 is 1.44 bits per heavy atom. The fourth-order valence-electron chi connectivity index (χ4n) is 2.37. The molecule has 96 valence electrons. The first-order chi connectivity index (χ1) is 8.58. The summed E-state index contributed by atoms with van der Waals surface area (Å²) in [5.74, 6) is 1.33. The van der Waals surface area contributed by atoms with E-state index in [1.54, 1.807) is 12.4 Å². The highest BCUT2D eigenvalue weighted by Crippen LogP contribution is 2.28. The number of nitrogen functional groups attached to an aromatic ring is 1. The van der Waals surface area contributed by atoms with Gasteiger partial charge in [0.15, 0.2) is 11.5 Å². The Balaban J connectivity index is 2.15. The van der Waals surface area contributed by atoms with Crippen molar-refractivity contribution >= 4 is 17.3 Å². The van der Waals surface area contributed by atoms with Crippen LogP contribution in [0, 0.1) is 0 Å². The van der Waals surface area contributed by atoms with Gasteiger partial charge in [0, 0.05) is 18.9 Å². The van der Waals surface area contributed by atoms with Crippen molar-refractivity contribution in [3.8, 4) is 0 Å². The topological polar surface area (TPSA) is 68.7 Å². The fraction of sp³-hybridized carbons (Fsp3) is 0.500. The number of imidazole rings is 1. The minimum atomic E-state index is -0.106. The summed E-state index contributed by atoms with van der Waals surface area (Å²) in [6.07, 6.45) is 5.41. The molecule has 18 heavy (non-hydrogen) atoms. The number of ether oxygens (including phenoxy) is 1. The van der Waals surface area contributed by atoms with E-state index in [2.05, 4.69) is 28.7 Å². The number of morpholine rings is 1. The average molecular weight is 247 g/mol. The van der Waals surface area contributed by atoms with Gasteiger partial charge < -0.3 is 19.8 Å². The van der Waals surface area contributed by atoms with Gasteiger partial charge in [-0.05, 0) is 13.8 Å². The second-order valence-corrected chi connectivity index (χ2v) is 5.16. The SMILES string of the molecule is CC1(C)COCCN1c1nc(N)cn2ccnc12. The van der Waals surface area contributed by atoms with E-state index in [0.717, 1.165) is 18.0 Å². The number of rotatable bonds is 1. The monoisotopic (exact) mass is 247 g/mol. The summed E-state index contributed by atoms with van der Waals surface area (Å²) in [5.41, 5.74) is 6.59. The minimum Gasteiger partial charge on any atom is -0.382 e. The highest BCUT2D eigenvalue weighted by Gasteiger charge is 2.33. The first kappa shape index (κ1) is 11.3. The lowest BCUT2D eigenvalue weighted by Gasteiger charge is -2.42. The predicted molar refractivity (Wildman–Crippen MR) is 69.6 cm³/mol. The van der Waals surface area contributed by atoms with Crippen molar-refractivity contribution in [2.45, 2.75) is 19.4 Å². The third-order valence-electron chi connectivity index (χ3n) is 3.28. The molecule has 0 unspecified atom stereocenters. The molecule has 1 saturated heterocycles. The molecule has 1 fully saturated rings. The van der Waals surface area contributed by atoms with Crippen molar-refractivity contribution in [3.63, 3.8) is 0 Å². The number of nitrogens with two attached hydrogens (primary N) is 1. The van der Waals surface area contributed by atoms with Crippen LogP contribution in [0.5, 0.6) is 0 Å². The van der Waals surface area contributed by atoms with Crippen molar-refractivity contribution in [2.24, 2.45) is 0 Å². The predicted octanol–water partition coefficient (Wildman–Crippen LogP) is 0.927. The van der Waals surface area contributed by atoms with Gasteiger partial charge in [-0.15, -0.1) is 0 Å². The fourth-order valence-corrected chi connectivity index (χ4v) is 2.37. The smallest absolute Gasteiger partial charge is 0.180 e. The third kappa shape index (κ3) is 1.69. The molecule has 1 aliphatic heterocycles. The summed E-state index contributed by atoms with van der Waals surface area (Å²) < 4.78 is 7.44. The largest absolute Gasteiger partial charge is 0.382 e. The molecule has 0 radical (unpaired) electrons. The molecule has 3 rings (SSSR count). The maximum Gasteiger partial charge on any atom is 0.180 e. The molecular weight excluding hydrogens is 230 g/mol. The molecule has 0 amide bonds. The number of aromatic nitrogens is 3. The van der Waals surface area contributed by atoms with Crippen LogP contribution in [0.3, 0.4) is 0 Å². The summed E-state index contributed by atoms with van der Waals surface area (Å²) in [6.45, 7) is 6.45. The van der Waals surface area contributed by atoms with E-state index in [4.69, 9.17) is 10.5 Å². The molecule has 0 aromatic carbocycles. The minimum absolute atomic E-state index is 0.106. The van der Waals surface area contributed by atoms with Crippen molar-refractivity contribution in [3.05, 3.63) is 18.6 Å². The van der Waals surface area contributed by atoms with Crippen LogP contribution in [0.1, 0.15) is 13.8 Å². The normalized spacial score (nSPS) is 19.3. The summed E-state index contributed by atoms with van der Waals surface area (Å²) in [7, 11) is 0. The van der Waals surface area contributed by atoms with E-state index in [1.165, 1.54) is 0 Å². The van der Waals surface area contributed by atoms with E-state index in [-0.39, 0.29) is 5.54 Å². The van der Waals surface area contributed by atoms with Crippen LogP contribution < -0.4 is 10.6 Å². The Bertz CT molecular complexity index is 577. The lowest BCUT2D eigenvalue weighted by atomic mass is 10.0. The molecule has 0 bridgehead atoms. The maximum absolute atomic E-state index is 5.86. The van der Waals surface area contributed by atoms with Crippen LogP contribution in [0.15, 0.2) is 18.6 Å². The number of nitrogens with zero attached hydrogens (tertiary/aromatic N) is 4. The zero-order chi connectivity index (χ0) is 12.8. The van der Waals surface area contributed by atoms with Gasteiger partial charge in [-0.3, -0.25) is 0 Å². The zero-order valence-corrected chi connectivity index (χ0v) is 10.6. The van der Waals surface area contributed by atoms with Crippen LogP contribution >= 0.6 is 0 Å². The van der Waals surface area contributed by atoms with Crippen molar-refractivity contribution in [2.75, 3.05) is 30.4 Å². The van der Waals surface area contributed by atoms with Crippen molar-refractivity contribution in [1.29, 1.82) is 0 Å². The van der Waals surface area contributed by atoms with Crippen LogP contribution in [0.25, 0.3) is 5.65 Å². The highest BCUT2D eigenvalue weighted by molar-refractivity contribution is 5.67. The van der Waals surface area contributed by atoms with E-state index in [9.17, 15) is 0 Å². The lowest BCUT2D eigenvalue weighted by molar-refractivity contribution is 0.0640. The molecule has 0 atom stereocenters. The van der Waals surface area contributed by atoms with E-state index in [1.807, 2.05) is 10.6 Å². The Morgan fingerprint density at radius 2 is 2.28 bits per heavy atom. The van der Waals surface area contributed by atoms with Gasteiger partial charge in [0.05, 0.1) is 24.9 Å². The van der Waals surface area contributed by atoms with Gasteiger partial charge >= 0.3 is 0 Å². The molecule has 2 N–H and O–H groups in total. The van der Waals surface area contributed by atoms with Gasteiger partial charge in [-0.25, -0.2) is 9.97 Å². The Labute approximate surface area is 105 Å². The maximum atomic E-state index is 5.86. The van der Waals surface area contributed by atoms with Crippen molar-refractivity contribution in [1.82, 2.24) is 14.4 Å². The molecule has 3 heterocycles. The lowest BCUT2D eigenvalue weighted by Crippen LogP contribution is -2.53. The zero-order valence-electron chi connectivity index (χ0n) is 10.6. The average Bonchev–Trinajstić information content (AvgIpc) is 2.75. The summed E-state index contributed by atoms with van der Waals surface area (Å²) >= 11 is 0. The van der Waals surface area contributed by atoms with E-state index >= 15 is 0 Å². The van der Waals surface area contributed by atoms with Crippen LogP contribution in [0.2, 0.25) is 0 Å². The third-order valence-corrected chi connectivity index (χ3v) is 3.28. The summed E-state index contributed by atoms with van der Waals surface area (Å²) in [5, 5.41) is 0. The van der Waals surface area contributed by atoms with Gasteiger partial charge in [0.25, 0.3) is 0 Å². The van der Waals surface area contributed by atoms with Gasteiger partial charge in [-0.1, -0.05) is 0 Å². The second-order valence-electron chi connectivity index (χ2n) is 5.16. The molecule has 0 saturated carbocycles. The molecule has 6 heteroatoms. The number of anilines is 2. The van der Waals surface area contributed by atoms with Crippen LogP contribution in [-0.2, 0) is 4.74 Å². The Morgan fingerprint density at radius 3 is 3.06 bits per heavy atom. The Hall–Kier alpha value is -1.82. The van der Waals surface area contributed by atoms with E-state index < -0.39 is 0 Å². The van der Waals surface area contributed by atoms with Crippen LogP contribution in [-0.4, -0.2) is 39.7 Å². The number of hydrogen-bond acceptors (Lipinski definition) is 5. The van der Waals surface area contributed by atoms with Crippen molar-refractivity contribution < 1.29 is 4.74 Å². The van der Waals surface area contributed by atoms with E-state index in [0.29, 0.717) is 19.0 Å². The summed E-state index contributed by atoms with van der Waals surface area (Å²) in [6, 6.07) is 0. The van der Waals surface area contributed by atoms with Gasteiger partial charge in [0.2, 0.25) is 0 Å². The van der Waals surface area contributed by atoms with Crippen LogP contribution in [0.4, 0.5) is 11.6 Å². The molecular formula is C12H17N5O. The second kappa shape index (κ2) is 3.84. The van der Waals surface area contributed by atoms with Gasteiger partial charge in [0.1, 0.15) is 5.82 Å². The first-order valence-electron chi connectivity index (χ1n) is 6.02. The molecule has 0 aliphatic carbocycles. The number of hydrogen-bond donors (Lipinski definition) is 1. The first-order valence-corrected chi connectivity index (χ1v) is 6.02. The standard InChI is InChI=1S/C12H17N5O/c1-12(2)8-18-6-5-17(12)11-10-14-3-4-16(10)7-9(13)15-11/h3-4,7H,5-6,8,13H2,1-2H3. The van der Waals surface area contributed by atoms with Gasteiger partial charge in [-0.2, -0.15) is 0 Å². The molecule has 2 aromatic heterocycles. The summed E-state index contributed by atoms with van der Waals surface area (Å²) in [4.78, 5) is 11.0. The molecule has 1 aliphatic rings. The Kier molecular flexibility index (Phi) is 2.41. The quantitative estimate of drug-likeness (QED) is 0.811. The number of fused-ring (bicyclic) bond motifs is 1. The highest BCUT2D eigenvalue weighted by atomic mass is 16.5. The molecule has 0 spiro atoms.